The minimum atomic E-state index is 0.0112. The molecule has 0 radical (unpaired) electrons. The second-order valence-corrected chi connectivity index (χ2v) is 5.71. The van der Waals surface area contributed by atoms with Gasteiger partial charge >= 0.3 is 0 Å². The molecule has 1 amide bonds. The van der Waals surface area contributed by atoms with Crippen molar-refractivity contribution in [2.75, 3.05) is 11.4 Å². The maximum Gasteiger partial charge on any atom is 0.225 e. The molecule has 1 aromatic carbocycles. The highest BCUT2D eigenvalue weighted by molar-refractivity contribution is 7.20. The van der Waals surface area contributed by atoms with E-state index in [0.29, 0.717) is 11.7 Å². The lowest BCUT2D eigenvalue weighted by Crippen LogP contribution is -2.29. The molecule has 21 heavy (non-hydrogen) atoms. The van der Waals surface area contributed by atoms with E-state index >= 15 is 0 Å². The van der Waals surface area contributed by atoms with Crippen LogP contribution in [0.25, 0.3) is 16.2 Å². The number of anilines is 1. The number of imidazole rings is 1. The van der Waals surface area contributed by atoms with Crippen LogP contribution in [0.4, 0.5) is 5.13 Å². The third-order valence-corrected chi connectivity index (χ3v) is 4.11. The van der Waals surface area contributed by atoms with E-state index in [1.54, 1.807) is 16.3 Å². The Morgan fingerprint density at radius 2 is 2.10 bits per heavy atom. The number of fused-ring (bicyclic) bond motifs is 1. The van der Waals surface area contributed by atoms with E-state index in [1.165, 1.54) is 11.3 Å². The van der Waals surface area contributed by atoms with Gasteiger partial charge in [0.05, 0.1) is 11.9 Å². The average Bonchev–Trinajstić information content (AvgIpc) is 3.03. The smallest absolute Gasteiger partial charge is 0.225 e. The van der Waals surface area contributed by atoms with Crippen LogP contribution < -0.4 is 4.90 Å². The number of carbonyl (C=O) groups is 1. The summed E-state index contributed by atoms with van der Waals surface area (Å²) >= 11 is 1.43. The van der Waals surface area contributed by atoms with Crippen molar-refractivity contribution in [2.45, 2.75) is 20.3 Å². The predicted octanol–water partition coefficient (Wildman–Crippen LogP) is 3.22. The van der Waals surface area contributed by atoms with Crippen LogP contribution in [0.15, 0.2) is 36.5 Å². The number of carbonyl (C=O) groups excluding carboxylic acids is 1. The van der Waals surface area contributed by atoms with Crippen molar-refractivity contribution in [3.63, 3.8) is 0 Å². The van der Waals surface area contributed by atoms with Gasteiger partial charge in [-0.15, -0.1) is 5.10 Å². The predicted molar refractivity (Wildman–Crippen MR) is 84.6 cm³/mol. The third-order valence-electron chi connectivity index (χ3n) is 3.16. The minimum absolute atomic E-state index is 0.0112. The van der Waals surface area contributed by atoms with Gasteiger partial charge in [0.25, 0.3) is 0 Å². The van der Waals surface area contributed by atoms with Gasteiger partial charge in [-0.1, -0.05) is 48.6 Å². The minimum Gasteiger partial charge on any atom is -0.287 e. The summed E-state index contributed by atoms with van der Waals surface area (Å²) in [7, 11) is 0. The number of nitrogens with zero attached hydrogens (tertiary/aromatic N) is 4. The topological polar surface area (TPSA) is 50.5 Å². The molecule has 5 nitrogen and oxygen atoms in total. The monoisotopic (exact) mass is 300 g/mol. The van der Waals surface area contributed by atoms with E-state index in [9.17, 15) is 4.79 Å². The van der Waals surface area contributed by atoms with Crippen LogP contribution in [0, 0.1) is 0 Å². The molecule has 3 aromatic rings. The van der Waals surface area contributed by atoms with Gasteiger partial charge in [-0.25, -0.2) is 9.50 Å². The van der Waals surface area contributed by atoms with Crippen LogP contribution in [0.1, 0.15) is 20.3 Å². The molecule has 0 saturated heterocycles. The lowest BCUT2D eigenvalue weighted by atomic mass is 10.2. The van der Waals surface area contributed by atoms with Crippen LogP contribution in [-0.4, -0.2) is 27.0 Å². The van der Waals surface area contributed by atoms with Gasteiger partial charge in [-0.3, -0.25) is 9.69 Å². The molecule has 2 heterocycles. The zero-order valence-electron chi connectivity index (χ0n) is 12.0. The zero-order chi connectivity index (χ0) is 14.8. The molecular weight excluding hydrogens is 284 g/mol. The first-order valence-corrected chi connectivity index (χ1v) is 7.70. The molecule has 0 spiro atoms. The normalized spacial score (nSPS) is 11.0. The van der Waals surface area contributed by atoms with Gasteiger partial charge < -0.3 is 0 Å². The maximum absolute atomic E-state index is 11.7. The molecule has 3 rings (SSSR count). The molecule has 0 fully saturated rings. The lowest BCUT2D eigenvalue weighted by Gasteiger charge is -2.15. The van der Waals surface area contributed by atoms with Crippen LogP contribution >= 0.6 is 11.3 Å². The summed E-state index contributed by atoms with van der Waals surface area (Å²) in [5.74, 6) is 0.0112. The summed E-state index contributed by atoms with van der Waals surface area (Å²) < 4.78 is 1.74. The molecule has 0 unspecified atom stereocenters. The third kappa shape index (κ3) is 2.67. The van der Waals surface area contributed by atoms with Gasteiger partial charge in [-0.2, -0.15) is 0 Å². The molecule has 0 aliphatic rings. The highest BCUT2D eigenvalue weighted by atomic mass is 32.1. The van der Waals surface area contributed by atoms with Crippen molar-refractivity contribution in [1.82, 2.24) is 14.6 Å². The standard InChI is InChI=1S/C15H16N4OS/c1-3-9-18(11(2)20)15-17-19-10-13(16-14(19)21-15)12-7-5-4-6-8-12/h4-8,10H,3,9H2,1-2H3. The molecule has 0 aliphatic carbocycles. The maximum atomic E-state index is 11.7. The first-order valence-electron chi connectivity index (χ1n) is 6.88. The van der Waals surface area contributed by atoms with Crippen LogP contribution in [0.5, 0.6) is 0 Å². The Labute approximate surface area is 126 Å². The number of hydrogen-bond donors (Lipinski definition) is 0. The molecule has 0 aliphatic heterocycles. The molecule has 0 atom stereocenters. The van der Waals surface area contributed by atoms with Crippen molar-refractivity contribution in [3.8, 4) is 11.3 Å². The van der Waals surface area contributed by atoms with Crippen molar-refractivity contribution in [2.24, 2.45) is 0 Å². The highest BCUT2D eigenvalue weighted by Gasteiger charge is 2.17. The van der Waals surface area contributed by atoms with E-state index in [0.717, 1.165) is 22.6 Å². The van der Waals surface area contributed by atoms with Gasteiger partial charge in [0.2, 0.25) is 16.0 Å². The van der Waals surface area contributed by atoms with Gasteiger partial charge in [0.15, 0.2) is 0 Å². The van der Waals surface area contributed by atoms with Crippen LogP contribution in [-0.2, 0) is 4.79 Å². The Kier molecular flexibility index (Phi) is 3.70. The number of amides is 1. The highest BCUT2D eigenvalue weighted by Crippen LogP contribution is 2.26. The number of rotatable bonds is 4. The Morgan fingerprint density at radius 1 is 1.33 bits per heavy atom. The van der Waals surface area contributed by atoms with Crippen LogP contribution in [0.2, 0.25) is 0 Å². The quantitative estimate of drug-likeness (QED) is 0.743. The Morgan fingerprint density at radius 3 is 2.71 bits per heavy atom. The molecular formula is C15H16N4OS. The van der Waals surface area contributed by atoms with Gasteiger partial charge in [-0.05, 0) is 6.42 Å². The number of aromatic nitrogens is 3. The average molecular weight is 300 g/mol. The van der Waals surface area contributed by atoms with Crippen molar-refractivity contribution in [3.05, 3.63) is 36.5 Å². The molecule has 0 N–H and O–H groups in total. The van der Waals surface area contributed by atoms with Crippen LogP contribution in [0.3, 0.4) is 0 Å². The van der Waals surface area contributed by atoms with Gasteiger partial charge in [0.1, 0.15) is 0 Å². The fraction of sp³-hybridized carbons (Fsp3) is 0.267. The molecule has 0 saturated carbocycles. The van der Waals surface area contributed by atoms with Crippen molar-refractivity contribution >= 4 is 27.3 Å². The molecule has 6 heteroatoms. The van der Waals surface area contributed by atoms with E-state index in [2.05, 4.69) is 10.1 Å². The Hall–Kier alpha value is -2.21. The first-order chi connectivity index (χ1) is 10.2. The van der Waals surface area contributed by atoms with Gasteiger partial charge in [0, 0.05) is 19.0 Å². The summed E-state index contributed by atoms with van der Waals surface area (Å²) in [6.45, 7) is 4.29. The summed E-state index contributed by atoms with van der Waals surface area (Å²) in [4.78, 5) is 18.8. The summed E-state index contributed by atoms with van der Waals surface area (Å²) in [6, 6.07) is 9.99. The largest absolute Gasteiger partial charge is 0.287 e. The zero-order valence-corrected chi connectivity index (χ0v) is 12.8. The number of benzene rings is 1. The Balaban J connectivity index is 1.96. The summed E-state index contributed by atoms with van der Waals surface area (Å²) in [6.07, 6.45) is 2.80. The second-order valence-electron chi connectivity index (χ2n) is 4.77. The SMILES string of the molecule is CCCN(C(C)=O)c1nn2cc(-c3ccccc3)nc2s1. The fourth-order valence-corrected chi connectivity index (χ4v) is 3.11. The second kappa shape index (κ2) is 5.65. The first kappa shape index (κ1) is 13.8. The molecule has 2 aromatic heterocycles. The molecule has 108 valence electrons. The van der Waals surface area contributed by atoms with Crippen molar-refractivity contribution < 1.29 is 4.79 Å². The van der Waals surface area contributed by atoms with E-state index < -0.39 is 0 Å². The van der Waals surface area contributed by atoms with E-state index in [4.69, 9.17) is 0 Å². The Bertz CT molecular complexity index is 731. The fourth-order valence-electron chi connectivity index (χ4n) is 2.16. The van der Waals surface area contributed by atoms with E-state index in [-0.39, 0.29) is 5.91 Å². The summed E-state index contributed by atoms with van der Waals surface area (Å²) in [5.41, 5.74) is 1.96. The lowest BCUT2D eigenvalue weighted by molar-refractivity contribution is -0.116. The number of hydrogen-bond acceptors (Lipinski definition) is 4. The molecule has 0 bridgehead atoms. The van der Waals surface area contributed by atoms with E-state index in [1.807, 2.05) is 43.5 Å². The van der Waals surface area contributed by atoms with Crippen molar-refractivity contribution in [1.29, 1.82) is 0 Å². The summed E-state index contributed by atoms with van der Waals surface area (Å²) in [5, 5.41) is 5.18.